The van der Waals surface area contributed by atoms with Gasteiger partial charge in [-0.1, -0.05) is 40.5 Å². The van der Waals surface area contributed by atoms with E-state index in [0.717, 1.165) is 19.3 Å². The highest BCUT2D eigenvalue weighted by Gasteiger charge is 2.21. The van der Waals surface area contributed by atoms with E-state index < -0.39 is 5.41 Å². The molecule has 0 saturated heterocycles. The lowest BCUT2D eigenvalue weighted by atomic mass is 9.95. The minimum Gasteiger partial charge on any atom is -0.462 e. The molecule has 1 rings (SSSR count). The summed E-state index contributed by atoms with van der Waals surface area (Å²) in [6, 6.07) is 6.76. The smallest absolute Gasteiger partial charge is 0.338 e. The fraction of sp³-hybridized carbons (Fsp3) is 0.529. The van der Waals surface area contributed by atoms with Gasteiger partial charge in [-0.15, -0.1) is 0 Å². The van der Waals surface area contributed by atoms with E-state index in [1.807, 2.05) is 20.8 Å². The number of benzene rings is 1. The standard InChI is InChI=1S/C17H25NO3/c1-5-6-7-12-21-15(19)13-8-10-14(11-9-13)18-16(20)17(2,3)4/h8-11H,5-7,12H2,1-4H3,(H,18,20). The molecule has 0 atom stereocenters. The molecule has 116 valence electrons. The number of ether oxygens (including phenoxy) is 1. The second-order valence-electron chi connectivity index (χ2n) is 6.12. The maximum absolute atomic E-state index is 11.9. The molecule has 0 saturated carbocycles. The Morgan fingerprint density at radius 3 is 2.24 bits per heavy atom. The van der Waals surface area contributed by atoms with Crippen LogP contribution in [-0.4, -0.2) is 18.5 Å². The van der Waals surface area contributed by atoms with E-state index in [4.69, 9.17) is 4.74 Å². The molecule has 1 aromatic carbocycles. The lowest BCUT2D eigenvalue weighted by molar-refractivity contribution is -0.123. The van der Waals surface area contributed by atoms with Crippen molar-refractivity contribution in [2.75, 3.05) is 11.9 Å². The Bertz CT molecular complexity index is 472. The fourth-order valence-corrected chi connectivity index (χ4v) is 1.61. The van der Waals surface area contributed by atoms with Crippen molar-refractivity contribution in [2.24, 2.45) is 5.41 Å². The third-order valence-corrected chi connectivity index (χ3v) is 3.04. The highest BCUT2D eigenvalue weighted by Crippen LogP contribution is 2.18. The molecular formula is C17H25NO3. The number of nitrogens with one attached hydrogen (secondary N) is 1. The van der Waals surface area contributed by atoms with Crippen molar-refractivity contribution >= 4 is 17.6 Å². The first kappa shape index (κ1) is 17.2. The largest absolute Gasteiger partial charge is 0.462 e. The van der Waals surface area contributed by atoms with Crippen LogP contribution in [-0.2, 0) is 9.53 Å². The maximum atomic E-state index is 11.9. The summed E-state index contributed by atoms with van der Waals surface area (Å²) in [7, 11) is 0. The average molecular weight is 291 g/mol. The molecule has 4 heteroatoms. The molecule has 1 amide bonds. The number of esters is 1. The van der Waals surface area contributed by atoms with Gasteiger partial charge in [-0.2, -0.15) is 0 Å². The van der Waals surface area contributed by atoms with Crippen molar-refractivity contribution in [2.45, 2.75) is 47.0 Å². The van der Waals surface area contributed by atoms with Gasteiger partial charge in [0, 0.05) is 11.1 Å². The number of unbranched alkanes of at least 4 members (excludes halogenated alkanes) is 2. The zero-order valence-electron chi connectivity index (χ0n) is 13.4. The van der Waals surface area contributed by atoms with Gasteiger partial charge in [0.25, 0.3) is 0 Å². The minimum absolute atomic E-state index is 0.0580. The molecule has 0 radical (unpaired) electrons. The van der Waals surface area contributed by atoms with E-state index in [2.05, 4.69) is 12.2 Å². The van der Waals surface area contributed by atoms with Crippen molar-refractivity contribution < 1.29 is 14.3 Å². The Hall–Kier alpha value is -1.84. The topological polar surface area (TPSA) is 55.4 Å². The average Bonchev–Trinajstić information content (AvgIpc) is 2.43. The first-order valence-corrected chi connectivity index (χ1v) is 7.43. The van der Waals surface area contributed by atoms with Gasteiger partial charge in [0.05, 0.1) is 12.2 Å². The second-order valence-corrected chi connectivity index (χ2v) is 6.12. The molecule has 0 aliphatic rings. The Kier molecular flexibility index (Phi) is 6.40. The van der Waals surface area contributed by atoms with Gasteiger partial charge < -0.3 is 10.1 Å². The highest BCUT2D eigenvalue weighted by molar-refractivity contribution is 5.95. The molecule has 4 nitrogen and oxygen atoms in total. The van der Waals surface area contributed by atoms with Crippen LogP contribution in [0.1, 0.15) is 57.3 Å². The van der Waals surface area contributed by atoms with Crippen molar-refractivity contribution in [3.8, 4) is 0 Å². The van der Waals surface area contributed by atoms with Crippen LogP contribution in [0.15, 0.2) is 24.3 Å². The van der Waals surface area contributed by atoms with E-state index in [0.29, 0.717) is 17.9 Å². The molecule has 1 N–H and O–H groups in total. The van der Waals surface area contributed by atoms with Crippen LogP contribution >= 0.6 is 0 Å². The summed E-state index contributed by atoms with van der Waals surface area (Å²) in [5.74, 6) is -0.378. The van der Waals surface area contributed by atoms with E-state index >= 15 is 0 Å². The molecule has 0 unspecified atom stereocenters. The van der Waals surface area contributed by atoms with Gasteiger partial charge in [0.2, 0.25) is 5.91 Å². The molecule has 0 heterocycles. The number of carbonyl (C=O) groups excluding carboxylic acids is 2. The third-order valence-electron chi connectivity index (χ3n) is 3.04. The zero-order chi connectivity index (χ0) is 15.9. The summed E-state index contributed by atoms with van der Waals surface area (Å²) in [6.07, 6.45) is 3.05. The predicted molar refractivity (Wildman–Crippen MR) is 84.3 cm³/mol. The summed E-state index contributed by atoms with van der Waals surface area (Å²) in [5, 5.41) is 2.82. The molecule has 0 aliphatic heterocycles. The Morgan fingerprint density at radius 2 is 1.71 bits per heavy atom. The number of anilines is 1. The third kappa shape index (κ3) is 5.98. The summed E-state index contributed by atoms with van der Waals surface area (Å²) in [5.41, 5.74) is 0.731. The highest BCUT2D eigenvalue weighted by atomic mass is 16.5. The Morgan fingerprint density at radius 1 is 1.10 bits per heavy atom. The summed E-state index contributed by atoms with van der Waals surface area (Å²) in [4.78, 5) is 23.6. The van der Waals surface area contributed by atoms with Crippen LogP contribution in [0, 0.1) is 5.41 Å². The van der Waals surface area contributed by atoms with Gasteiger partial charge in [-0.05, 0) is 30.7 Å². The minimum atomic E-state index is -0.448. The van der Waals surface area contributed by atoms with Crippen LogP contribution < -0.4 is 5.32 Å². The van der Waals surface area contributed by atoms with Crippen molar-refractivity contribution in [3.05, 3.63) is 29.8 Å². The van der Waals surface area contributed by atoms with E-state index in [-0.39, 0.29) is 11.9 Å². The lowest BCUT2D eigenvalue weighted by Gasteiger charge is -2.17. The van der Waals surface area contributed by atoms with Gasteiger partial charge >= 0.3 is 5.97 Å². The summed E-state index contributed by atoms with van der Waals surface area (Å²) in [6.45, 7) is 8.11. The van der Waals surface area contributed by atoms with E-state index in [1.165, 1.54) is 0 Å². The Balaban J connectivity index is 2.54. The number of amides is 1. The predicted octanol–water partition coefficient (Wildman–Crippen LogP) is 4.02. The van der Waals surface area contributed by atoms with Crippen LogP contribution in [0.4, 0.5) is 5.69 Å². The lowest BCUT2D eigenvalue weighted by Crippen LogP contribution is -2.27. The molecule has 21 heavy (non-hydrogen) atoms. The van der Waals surface area contributed by atoms with Crippen molar-refractivity contribution in [3.63, 3.8) is 0 Å². The Labute approximate surface area is 126 Å². The molecule has 0 aliphatic carbocycles. The van der Waals surface area contributed by atoms with Gasteiger partial charge in [0.1, 0.15) is 0 Å². The molecule has 0 fully saturated rings. The second kappa shape index (κ2) is 7.81. The molecule has 0 aromatic heterocycles. The van der Waals surface area contributed by atoms with E-state index in [9.17, 15) is 9.59 Å². The summed E-state index contributed by atoms with van der Waals surface area (Å²) >= 11 is 0. The normalized spacial score (nSPS) is 11.0. The number of carbonyl (C=O) groups is 2. The first-order chi connectivity index (χ1) is 9.84. The quantitative estimate of drug-likeness (QED) is 0.636. The molecule has 0 bridgehead atoms. The van der Waals surface area contributed by atoms with E-state index in [1.54, 1.807) is 24.3 Å². The van der Waals surface area contributed by atoms with Crippen molar-refractivity contribution in [1.29, 1.82) is 0 Å². The van der Waals surface area contributed by atoms with Gasteiger partial charge in [-0.25, -0.2) is 4.79 Å². The van der Waals surface area contributed by atoms with Crippen LogP contribution in [0.5, 0.6) is 0 Å². The number of hydrogen-bond acceptors (Lipinski definition) is 3. The first-order valence-electron chi connectivity index (χ1n) is 7.43. The van der Waals surface area contributed by atoms with Crippen LogP contribution in [0.25, 0.3) is 0 Å². The maximum Gasteiger partial charge on any atom is 0.338 e. The van der Waals surface area contributed by atoms with Gasteiger partial charge in [-0.3, -0.25) is 4.79 Å². The number of hydrogen-bond donors (Lipinski definition) is 1. The monoisotopic (exact) mass is 291 g/mol. The fourth-order valence-electron chi connectivity index (χ4n) is 1.61. The zero-order valence-corrected chi connectivity index (χ0v) is 13.4. The molecule has 1 aromatic rings. The number of rotatable bonds is 6. The SMILES string of the molecule is CCCCCOC(=O)c1ccc(NC(=O)C(C)(C)C)cc1. The van der Waals surface area contributed by atoms with Gasteiger partial charge in [0.15, 0.2) is 0 Å². The van der Waals surface area contributed by atoms with Crippen molar-refractivity contribution in [1.82, 2.24) is 0 Å². The molecular weight excluding hydrogens is 266 g/mol. The van der Waals surface area contributed by atoms with Crippen LogP contribution in [0.3, 0.4) is 0 Å². The summed E-state index contributed by atoms with van der Waals surface area (Å²) < 4.78 is 5.18. The molecule has 0 spiro atoms. The van der Waals surface area contributed by atoms with Crippen LogP contribution in [0.2, 0.25) is 0 Å².